The van der Waals surface area contributed by atoms with Crippen molar-refractivity contribution in [3.8, 4) is 0 Å². The van der Waals surface area contributed by atoms with E-state index in [1.54, 1.807) is 0 Å². The third-order valence-electron chi connectivity index (χ3n) is 2.48. The molecule has 0 heterocycles. The second-order valence-electron chi connectivity index (χ2n) is 4.07. The lowest BCUT2D eigenvalue weighted by molar-refractivity contribution is 0.320. The van der Waals surface area contributed by atoms with Crippen molar-refractivity contribution in [2.24, 2.45) is 0 Å². The van der Waals surface area contributed by atoms with E-state index in [-0.39, 0.29) is 0 Å². The molecule has 0 unspecified atom stereocenters. The lowest BCUT2D eigenvalue weighted by Crippen LogP contribution is -2.23. The van der Waals surface area contributed by atoms with E-state index in [9.17, 15) is 0 Å². The molecule has 0 bridgehead atoms. The second kappa shape index (κ2) is 8.08. The summed E-state index contributed by atoms with van der Waals surface area (Å²) in [5, 5.41) is 3.31. The molecule has 88 valence electrons. The molecule has 0 saturated carbocycles. The van der Waals surface area contributed by atoms with E-state index in [1.165, 1.54) is 12.0 Å². The maximum absolute atomic E-state index is 3.68. The molecular formula is C14H22N2. The van der Waals surface area contributed by atoms with Gasteiger partial charge in [-0.05, 0) is 32.1 Å². The summed E-state index contributed by atoms with van der Waals surface area (Å²) in [6, 6.07) is 10.6. The van der Waals surface area contributed by atoms with Gasteiger partial charge < -0.3 is 10.2 Å². The zero-order valence-electron chi connectivity index (χ0n) is 10.2. The molecule has 1 aromatic carbocycles. The van der Waals surface area contributed by atoms with Gasteiger partial charge >= 0.3 is 0 Å². The van der Waals surface area contributed by atoms with E-state index in [4.69, 9.17) is 0 Å². The Labute approximate surface area is 99.0 Å². The molecule has 0 aliphatic carbocycles. The van der Waals surface area contributed by atoms with E-state index < -0.39 is 0 Å². The Bertz CT molecular complexity index is 282. The Morgan fingerprint density at radius 3 is 2.75 bits per heavy atom. The Morgan fingerprint density at radius 2 is 2.06 bits per heavy atom. The first kappa shape index (κ1) is 12.9. The van der Waals surface area contributed by atoms with Crippen LogP contribution < -0.4 is 5.32 Å². The van der Waals surface area contributed by atoms with Crippen molar-refractivity contribution in [2.75, 3.05) is 26.7 Å². The minimum absolute atomic E-state index is 0.905. The van der Waals surface area contributed by atoms with Gasteiger partial charge in [-0.1, -0.05) is 36.4 Å². The molecule has 1 N–H and O–H groups in total. The van der Waals surface area contributed by atoms with Gasteiger partial charge in [0, 0.05) is 13.1 Å². The first-order valence-corrected chi connectivity index (χ1v) is 5.87. The molecule has 16 heavy (non-hydrogen) atoms. The summed E-state index contributed by atoms with van der Waals surface area (Å²) in [7, 11) is 2.17. The van der Waals surface area contributed by atoms with Gasteiger partial charge in [0.1, 0.15) is 0 Å². The Kier molecular flexibility index (Phi) is 6.54. The van der Waals surface area contributed by atoms with Crippen LogP contribution in [-0.2, 0) is 6.54 Å². The van der Waals surface area contributed by atoms with E-state index in [0.29, 0.717) is 0 Å². The van der Waals surface area contributed by atoms with Gasteiger partial charge in [0.2, 0.25) is 0 Å². The lowest BCUT2D eigenvalue weighted by atomic mass is 10.2. The van der Waals surface area contributed by atoms with Gasteiger partial charge in [-0.25, -0.2) is 0 Å². The quantitative estimate of drug-likeness (QED) is 0.532. The Balaban J connectivity index is 2.11. The van der Waals surface area contributed by atoms with Gasteiger partial charge in [-0.15, -0.1) is 6.58 Å². The largest absolute Gasteiger partial charge is 0.313 e. The molecule has 2 heteroatoms. The number of hydrogen-bond acceptors (Lipinski definition) is 2. The summed E-state index contributed by atoms with van der Waals surface area (Å²) in [4.78, 5) is 2.35. The Hall–Kier alpha value is -1.12. The van der Waals surface area contributed by atoms with Crippen LogP contribution in [0.2, 0.25) is 0 Å². The highest BCUT2D eigenvalue weighted by Gasteiger charge is 1.98. The topological polar surface area (TPSA) is 15.3 Å². The van der Waals surface area contributed by atoms with E-state index >= 15 is 0 Å². The smallest absolute Gasteiger partial charge is 0.0230 e. The molecule has 0 fully saturated rings. The fourth-order valence-corrected chi connectivity index (χ4v) is 1.65. The standard InChI is InChI=1S/C14H22N2/c1-3-10-15-11-7-12-16(2)13-14-8-5-4-6-9-14/h3-6,8-9,15H,1,7,10-13H2,2H3. The predicted molar refractivity (Wildman–Crippen MR) is 70.5 cm³/mol. The fourth-order valence-electron chi connectivity index (χ4n) is 1.65. The SMILES string of the molecule is C=CCNCCCN(C)Cc1ccccc1. The van der Waals surface area contributed by atoms with Gasteiger partial charge in [-0.3, -0.25) is 0 Å². The highest BCUT2D eigenvalue weighted by Crippen LogP contribution is 2.02. The number of rotatable bonds is 8. The second-order valence-corrected chi connectivity index (χ2v) is 4.07. The summed E-state index contributed by atoms with van der Waals surface area (Å²) in [5.41, 5.74) is 1.38. The van der Waals surface area contributed by atoms with Crippen LogP contribution in [0.3, 0.4) is 0 Å². The van der Waals surface area contributed by atoms with Crippen molar-refractivity contribution in [2.45, 2.75) is 13.0 Å². The molecule has 1 rings (SSSR count). The Morgan fingerprint density at radius 1 is 1.31 bits per heavy atom. The van der Waals surface area contributed by atoms with E-state index in [0.717, 1.165) is 26.2 Å². The molecule has 0 aromatic heterocycles. The minimum atomic E-state index is 0.905. The molecule has 0 aliphatic heterocycles. The van der Waals surface area contributed by atoms with Crippen LogP contribution in [0, 0.1) is 0 Å². The number of nitrogens with zero attached hydrogens (tertiary/aromatic N) is 1. The molecule has 0 radical (unpaired) electrons. The van der Waals surface area contributed by atoms with Crippen molar-refractivity contribution in [1.29, 1.82) is 0 Å². The number of nitrogens with one attached hydrogen (secondary N) is 1. The minimum Gasteiger partial charge on any atom is -0.313 e. The first-order chi connectivity index (χ1) is 7.83. The van der Waals surface area contributed by atoms with E-state index in [1.807, 2.05) is 6.08 Å². The highest BCUT2D eigenvalue weighted by molar-refractivity contribution is 5.14. The molecule has 1 aromatic rings. The van der Waals surface area contributed by atoms with Crippen LogP contribution in [0.1, 0.15) is 12.0 Å². The van der Waals surface area contributed by atoms with E-state index in [2.05, 4.69) is 54.2 Å². The third kappa shape index (κ3) is 5.69. The van der Waals surface area contributed by atoms with Gasteiger partial charge in [0.15, 0.2) is 0 Å². The molecular weight excluding hydrogens is 196 g/mol. The fraction of sp³-hybridized carbons (Fsp3) is 0.429. The molecule has 0 atom stereocenters. The number of benzene rings is 1. The van der Waals surface area contributed by atoms with Crippen molar-refractivity contribution in [3.63, 3.8) is 0 Å². The predicted octanol–water partition coefficient (Wildman–Crippen LogP) is 2.28. The average Bonchev–Trinajstić information content (AvgIpc) is 2.30. The normalized spacial score (nSPS) is 10.6. The lowest BCUT2D eigenvalue weighted by Gasteiger charge is -2.16. The maximum Gasteiger partial charge on any atom is 0.0230 e. The van der Waals surface area contributed by atoms with Gasteiger partial charge in [0.05, 0.1) is 0 Å². The summed E-state index contributed by atoms with van der Waals surface area (Å²) in [5.74, 6) is 0. The average molecular weight is 218 g/mol. The zero-order chi connectivity index (χ0) is 11.6. The molecule has 2 nitrogen and oxygen atoms in total. The van der Waals surface area contributed by atoms with Crippen LogP contribution in [0.25, 0.3) is 0 Å². The number of hydrogen-bond donors (Lipinski definition) is 1. The van der Waals surface area contributed by atoms with Crippen LogP contribution in [0.5, 0.6) is 0 Å². The molecule has 0 aliphatic rings. The van der Waals surface area contributed by atoms with Crippen molar-refractivity contribution >= 4 is 0 Å². The third-order valence-corrected chi connectivity index (χ3v) is 2.48. The van der Waals surface area contributed by atoms with Crippen LogP contribution in [0.4, 0.5) is 0 Å². The van der Waals surface area contributed by atoms with Crippen LogP contribution in [0.15, 0.2) is 43.0 Å². The molecule has 0 spiro atoms. The summed E-state index contributed by atoms with van der Waals surface area (Å²) >= 11 is 0. The zero-order valence-corrected chi connectivity index (χ0v) is 10.2. The highest BCUT2D eigenvalue weighted by atomic mass is 15.1. The monoisotopic (exact) mass is 218 g/mol. The molecule has 0 saturated heterocycles. The van der Waals surface area contributed by atoms with Gasteiger partial charge in [0.25, 0.3) is 0 Å². The first-order valence-electron chi connectivity index (χ1n) is 5.87. The van der Waals surface area contributed by atoms with Crippen molar-refractivity contribution in [3.05, 3.63) is 48.6 Å². The van der Waals surface area contributed by atoms with Crippen molar-refractivity contribution < 1.29 is 0 Å². The summed E-state index contributed by atoms with van der Waals surface area (Å²) in [6.07, 6.45) is 3.07. The summed E-state index contributed by atoms with van der Waals surface area (Å²) in [6.45, 7) is 7.80. The molecule has 0 amide bonds. The maximum atomic E-state index is 3.68. The summed E-state index contributed by atoms with van der Waals surface area (Å²) < 4.78 is 0. The van der Waals surface area contributed by atoms with Crippen LogP contribution >= 0.6 is 0 Å². The van der Waals surface area contributed by atoms with Gasteiger partial charge in [-0.2, -0.15) is 0 Å². The van der Waals surface area contributed by atoms with Crippen LogP contribution in [-0.4, -0.2) is 31.6 Å². The van der Waals surface area contributed by atoms with Crippen molar-refractivity contribution in [1.82, 2.24) is 10.2 Å².